The Morgan fingerprint density at radius 1 is 1.34 bits per heavy atom. The number of halogens is 4. The molecule has 3 heterocycles. The Labute approximate surface area is 189 Å². The van der Waals surface area contributed by atoms with Crippen molar-refractivity contribution in [2.75, 3.05) is 19.7 Å². The maximum atomic E-state index is 13.1. The molecule has 1 aliphatic rings. The number of imidazole rings is 1. The van der Waals surface area contributed by atoms with E-state index >= 15 is 0 Å². The molecule has 1 aliphatic heterocycles. The van der Waals surface area contributed by atoms with E-state index in [1.807, 2.05) is 0 Å². The van der Waals surface area contributed by atoms with Crippen molar-refractivity contribution >= 4 is 17.7 Å². The Morgan fingerprint density at radius 2 is 2.06 bits per heavy atom. The van der Waals surface area contributed by atoms with E-state index in [-0.39, 0.29) is 31.2 Å². The fourth-order valence-electron chi connectivity index (χ4n) is 3.58. The summed E-state index contributed by atoms with van der Waals surface area (Å²) in [5.74, 6) is 0.308. The normalized spacial score (nSPS) is 19.8. The number of aliphatic hydroxyl groups is 1. The van der Waals surface area contributed by atoms with E-state index in [2.05, 4.69) is 9.97 Å². The summed E-state index contributed by atoms with van der Waals surface area (Å²) in [5.41, 5.74) is -1.03. The Balaban J connectivity index is 1.84. The number of pyridine rings is 1. The van der Waals surface area contributed by atoms with Gasteiger partial charge in [0.25, 0.3) is 0 Å². The highest BCUT2D eigenvalue weighted by Crippen LogP contribution is 2.35. The van der Waals surface area contributed by atoms with Crippen LogP contribution in [0.25, 0.3) is 11.3 Å². The van der Waals surface area contributed by atoms with E-state index < -0.39 is 28.9 Å². The van der Waals surface area contributed by atoms with Crippen LogP contribution in [0, 0.1) is 0 Å². The third-order valence-electron chi connectivity index (χ3n) is 5.02. The molecule has 0 aromatic carbocycles. The number of amides is 1. The molecule has 3 rings (SSSR count). The number of carbonyl (C=O) groups is 1. The summed E-state index contributed by atoms with van der Waals surface area (Å²) >= 11 is 6.62. The molecule has 1 N–H and O–H groups in total. The van der Waals surface area contributed by atoms with Gasteiger partial charge in [-0.15, -0.1) is 11.6 Å². The van der Waals surface area contributed by atoms with Crippen LogP contribution in [0.2, 0.25) is 0 Å². The number of piperidine rings is 1. The number of aromatic nitrogens is 3. The summed E-state index contributed by atoms with van der Waals surface area (Å²) in [7, 11) is 0. The molecule has 32 heavy (non-hydrogen) atoms. The molecule has 0 bridgehead atoms. The molecule has 176 valence electrons. The van der Waals surface area contributed by atoms with Crippen molar-refractivity contribution in [2.24, 2.45) is 0 Å². The van der Waals surface area contributed by atoms with Crippen LogP contribution in [-0.2, 0) is 17.5 Å². The molecule has 2 aromatic rings. The van der Waals surface area contributed by atoms with Crippen LogP contribution >= 0.6 is 11.6 Å². The maximum Gasteiger partial charge on any atom is 0.433 e. The average Bonchev–Trinajstić information content (AvgIpc) is 3.10. The SMILES string of the molecule is CC(C)(C)OC(=O)N1CC[C@@H](c2nc(-c3ccnc(C(F)(F)F)c3)cn2CCO)[C@@H](Cl)C1. The van der Waals surface area contributed by atoms with Gasteiger partial charge in [-0.25, -0.2) is 9.78 Å². The lowest BCUT2D eigenvalue weighted by atomic mass is 9.95. The zero-order chi connectivity index (χ0) is 23.7. The lowest BCUT2D eigenvalue weighted by molar-refractivity contribution is -0.141. The van der Waals surface area contributed by atoms with Crippen LogP contribution in [0.3, 0.4) is 0 Å². The van der Waals surface area contributed by atoms with Crippen molar-refractivity contribution in [1.29, 1.82) is 0 Å². The fourth-order valence-corrected chi connectivity index (χ4v) is 3.99. The predicted octanol–water partition coefficient (Wildman–Crippen LogP) is 4.29. The minimum absolute atomic E-state index is 0.170. The second kappa shape index (κ2) is 9.27. The first-order valence-corrected chi connectivity index (χ1v) is 10.7. The Hall–Kier alpha value is -2.33. The Kier molecular flexibility index (Phi) is 7.04. The van der Waals surface area contributed by atoms with Crippen LogP contribution in [-0.4, -0.2) is 61.3 Å². The van der Waals surface area contributed by atoms with E-state index in [1.54, 1.807) is 31.5 Å². The molecule has 0 aliphatic carbocycles. The predicted molar refractivity (Wildman–Crippen MR) is 112 cm³/mol. The molecule has 0 spiro atoms. The van der Waals surface area contributed by atoms with Crippen molar-refractivity contribution in [3.8, 4) is 11.3 Å². The number of hydrogen-bond acceptors (Lipinski definition) is 5. The number of hydrogen-bond donors (Lipinski definition) is 1. The monoisotopic (exact) mass is 474 g/mol. The van der Waals surface area contributed by atoms with Gasteiger partial charge in [-0.1, -0.05) is 0 Å². The highest BCUT2D eigenvalue weighted by molar-refractivity contribution is 6.21. The van der Waals surface area contributed by atoms with Gasteiger partial charge in [0.15, 0.2) is 0 Å². The first-order valence-electron chi connectivity index (χ1n) is 10.2. The number of rotatable bonds is 4. The first kappa shape index (κ1) is 24.3. The number of nitrogens with zero attached hydrogens (tertiary/aromatic N) is 4. The fraction of sp³-hybridized carbons (Fsp3) is 0.571. The summed E-state index contributed by atoms with van der Waals surface area (Å²) < 4.78 is 46.3. The molecule has 0 saturated carbocycles. The molecule has 1 saturated heterocycles. The standard InChI is InChI=1S/C21H26ClF3N4O3/c1-20(2,3)32-19(31)29-7-5-14(15(22)11-29)18-27-16(12-28(18)8-9-30)13-4-6-26-17(10-13)21(23,24)25/h4,6,10,12,14-15,30H,5,7-9,11H2,1-3H3/t14-,15+/m1/s1. The van der Waals surface area contributed by atoms with E-state index in [4.69, 9.17) is 16.3 Å². The summed E-state index contributed by atoms with van der Waals surface area (Å²) in [6.45, 7) is 6.05. The molecule has 7 nitrogen and oxygen atoms in total. The topological polar surface area (TPSA) is 80.5 Å². The molecule has 2 atom stereocenters. The van der Waals surface area contributed by atoms with Gasteiger partial charge in [-0.2, -0.15) is 13.2 Å². The number of carbonyl (C=O) groups excluding carboxylic acids is 1. The van der Waals surface area contributed by atoms with Gasteiger partial charge < -0.3 is 19.3 Å². The average molecular weight is 475 g/mol. The van der Waals surface area contributed by atoms with E-state index in [9.17, 15) is 23.1 Å². The molecule has 2 aromatic heterocycles. The second-order valence-corrected chi connectivity index (χ2v) is 9.23. The second-order valence-electron chi connectivity index (χ2n) is 8.67. The number of alkyl halides is 4. The van der Waals surface area contributed by atoms with Crippen LogP contribution in [0.1, 0.15) is 44.6 Å². The first-order chi connectivity index (χ1) is 14.9. The largest absolute Gasteiger partial charge is 0.444 e. The molecule has 1 amide bonds. The molecule has 0 radical (unpaired) electrons. The summed E-state index contributed by atoms with van der Waals surface area (Å²) in [6, 6.07) is 2.40. The maximum absolute atomic E-state index is 13.1. The van der Waals surface area contributed by atoms with Crippen molar-refractivity contribution < 1.29 is 27.8 Å². The van der Waals surface area contributed by atoms with E-state index in [0.717, 1.165) is 12.3 Å². The Morgan fingerprint density at radius 3 is 2.66 bits per heavy atom. The zero-order valence-electron chi connectivity index (χ0n) is 18.1. The van der Waals surface area contributed by atoms with Crippen LogP contribution in [0.5, 0.6) is 0 Å². The van der Waals surface area contributed by atoms with Crippen LogP contribution in [0.4, 0.5) is 18.0 Å². The van der Waals surface area contributed by atoms with Crippen molar-refractivity contribution in [3.05, 3.63) is 36.0 Å². The highest BCUT2D eigenvalue weighted by atomic mass is 35.5. The number of aliphatic hydroxyl groups excluding tert-OH is 1. The van der Waals surface area contributed by atoms with Crippen molar-refractivity contribution in [3.63, 3.8) is 0 Å². The summed E-state index contributed by atoms with van der Waals surface area (Å²) in [6.07, 6.45) is -1.82. The smallest absolute Gasteiger partial charge is 0.433 e. The minimum atomic E-state index is -4.57. The van der Waals surface area contributed by atoms with Gasteiger partial charge >= 0.3 is 12.3 Å². The Bertz CT molecular complexity index is 958. The van der Waals surface area contributed by atoms with Crippen LogP contribution < -0.4 is 0 Å². The van der Waals surface area contributed by atoms with Gasteiger partial charge in [0.1, 0.15) is 17.1 Å². The van der Waals surface area contributed by atoms with Gasteiger partial charge in [-0.3, -0.25) is 4.98 Å². The molecular weight excluding hydrogens is 449 g/mol. The van der Waals surface area contributed by atoms with Crippen molar-refractivity contribution in [1.82, 2.24) is 19.4 Å². The third kappa shape index (κ3) is 5.72. The third-order valence-corrected chi connectivity index (χ3v) is 5.46. The summed E-state index contributed by atoms with van der Waals surface area (Å²) in [4.78, 5) is 21.9. The number of ether oxygens (including phenoxy) is 1. The number of likely N-dealkylation sites (tertiary alicyclic amines) is 1. The van der Waals surface area contributed by atoms with Gasteiger partial charge in [0, 0.05) is 43.5 Å². The van der Waals surface area contributed by atoms with Crippen molar-refractivity contribution in [2.45, 2.75) is 56.8 Å². The molecule has 11 heteroatoms. The summed E-state index contributed by atoms with van der Waals surface area (Å²) in [5, 5.41) is 8.97. The van der Waals surface area contributed by atoms with E-state index in [0.29, 0.717) is 24.5 Å². The van der Waals surface area contributed by atoms with Gasteiger partial charge in [-0.05, 0) is 39.3 Å². The minimum Gasteiger partial charge on any atom is -0.444 e. The van der Waals surface area contributed by atoms with E-state index in [1.165, 1.54) is 11.0 Å². The molecule has 1 fully saturated rings. The van der Waals surface area contributed by atoms with Gasteiger partial charge in [0.05, 0.1) is 17.7 Å². The van der Waals surface area contributed by atoms with Crippen LogP contribution in [0.15, 0.2) is 24.5 Å². The molecule has 0 unspecified atom stereocenters. The van der Waals surface area contributed by atoms with Gasteiger partial charge in [0.2, 0.25) is 0 Å². The molecular formula is C21H26ClF3N4O3. The lowest BCUT2D eigenvalue weighted by Crippen LogP contribution is -2.46. The quantitative estimate of drug-likeness (QED) is 0.669. The highest BCUT2D eigenvalue weighted by Gasteiger charge is 2.36. The zero-order valence-corrected chi connectivity index (χ0v) is 18.8. The lowest BCUT2D eigenvalue weighted by Gasteiger charge is -2.36.